The van der Waals surface area contributed by atoms with Crippen LogP contribution in [0, 0.1) is 6.92 Å². The van der Waals surface area contributed by atoms with Crippen LogP contribution in [0.1, 0.15) is 31.4 Å². The molecule has 0 saturated carbocycles. The number of aryl methyl sites for hydroxylation is 1. The third-order valence-electron chi connectivity index (χ3n) is 3.57. The molecular formula is C18H21N3O3S. The number of carbonyl (C=O) groups is 1. The first kappa shape index (κ1) is 18.7. The Morgan fingerprint density at radius 2 is 1.64 bits per heavy atom. The van der Waals surface area contributed by atoms with Crippen LogP contribution in [0.25, 0.3) is 0 Å². The van der Waals surface area contributed by atoms with E-state index in [1.807, 2.05) is 6.92 Å². The summed E-state index contributed by atoms with van der Waals surface area (Å²) in [5.74, 6) is -0.0657. The van der Waals surface area contributed by atoms with E-state index in [1.54, 1.807) is 50.2 Å². The van der Waals surface area contributed by atoms with E-state index in [4.69, 9.17) is 0 Å². The average Bonchev–Trinajstić information content (AvgIpc) is 2.60. The van der Waals surface area contributed by atoms with Crippen LogP contribution in [0.3, 0.4) is 0 Å². The molecule has 0 aliphatic carbocycles. The Balaban J connectivity index is 2.10. The van der Waals surface area contributed by atoms with Crippen molar-refractivity contribution in [1.29, 1.82) is 0 Å². The van der Waals surface area contributed by atoms with Gasteiger partial charge in [-0.15, -0.1) is 0 Å². The monoisotopic (exact) mass is 359 g/mol. The SMILES string of the molecule is CCC(=O)Nc1ccc(/C(C)=N/NS(=O)(=O)c2ccc(C)cc2)cc1. The van der Waals surface area contributed by atoms with Crippen molar-refractivity contribution >= 4 is 27.3 Å². The van der Waals surface area contributed by atoms with Crippen LogP contribution in [0.2, 0.25) is 0 Å². The van der Waals surface area contributed by atoms with Crippen LogP contribution in [0.4, 0.5) is 5.69 Å². The average molecular weight is 359 g/mol. The fourth-order valence-corrected chi connectivity index (χ4v) is 2.86. The number of carbonyl (C=O) groups excluding carboxylic acids is 1. The molecule has 132 valence electrons. The summed E-state index contributed by atoms with van der Waals surface area (Å²) in [6.45, 7) is 5.37. The van der Waals surface area contributed by atoms with Crippen molar-refractivity contribution in [3.05, 3.63) is 59.7 Å². The first-order valence-corrected chi connectivity index (χ1v) is 9.33. The van der Waals surface area contributed by atoms with Gasteiger partial charge in [-0.2, -0.15) is 18.4 Å². The lowest BCUT2D eigenvalue weighted by Gasteiger charge is -2.07. The molecule has 0 unspecified atom stereocenters. The van der Waals surface area contributed by atoms with Gasteiger partial charge in [0.25, 0.3) is 10.0 Å². The van der Waals surface area contributed by atoms with Crippen molar-refractivity contribution in [2.75, 3.05) is 5.32 Å². The maximum atomic E-state index is 12.2. The van der Waals surface area contributed by atoms with E-state index in [-0.39, 0.29) is 10.8 Å². The number of hydrogen-bond donors (Lipinski definition) is 2. The Morgan fingerprint density at radius 3 is 2.20 bits per heavy atom. The zero-order chi connectivity index (χ0) is 18.4. The van der Waals surface area contributed by atoms with Crippen molar-refractivity contribution in [2.24, 2.45) is 5.10 Å². The first-order chi connectivity index (χ1) is 11.8. The summed E-state index contributed by atoms with van der Waals surface area (Å²) in [7, 11) is -3.70. The summed E-state index contributed by atoms with van der Waals surface area (Å²) in [6, 6.07) is 13.6. The van der Waals surface area contributed by atoms with Crippen LogP contribution in [0.15, 0.2) is 58.5 Å². The Bertz CT molecular complexity index is 871. The van der Waals surface area contributed by atoms with E-state index < -0.39 is 10.0 Å². The number of sulfonamides is 1. The largest absolute Gasteiger partial charge is 0.326 e. The molecule has 2 rings (SSSR count). The normalized spacial score (nSPS) is 11.9. The van der Waals surface area contributed by atoms with Gasteiger partial charge in [0, 0.05) is 12.1 Å². The summed E-state index contributed by atoms with van der Waals surface area (Å²) >= 11 is 0. The predicted octanol–water partition coefficient (Wildman–Crippen LogP) is 3.05. The maximum Gasteiger partial charge on any atom is 0.276 e. The fourth-order valence-electron chi connectivity index (χ4n) is 2.01. The van der Waals surface area contributed by atoms with Crippen LogP contribution < -0.4 is 10.1 Å². The summed E-state index contributed by atoms with van der Waals surface area (Å²) in [5.41, 5.74) is 2.93. The van der Waals surface area contributed by atoms with E-state index in [2.05, 4.69) is 15.2 Å². The van der Waals surface area contributed by atoms with Gasteiger partial charge >= 0.3 is 0 Å². The third kappa shape index (κ3) is 5.15. The minimum atomic E-state index is -3.70. The fraction of sp³-hybridized carbons (Fsp3) is 0.222. The quantitative estimate of drug-likeness (QED) is 0.614. The maximum absolute atomic E-state index is 12.2. The third-order valence-corrected chi connectivity index (χ3v) is 4.80. The van der Waals surface area contributed by atoms with E-state index in [9.17, 15) is 13.2 Å². The molecule has 2 aromatic rings. The van der Waals surface area contributed by atoms with Gasteiger partial charge in [0.05, 0.1) is 10.6 Å². The molecule has 0 aliphatic rings. The molecule has 0 aliphatic heterocycles. The van der Waals surface area contributed by atoms with Gasteiger partial charge in [-0.05, 0) is 43.7 Å². The first-order valence-electron chi connectivity index (χ1n) is 7.85. The van der Waals surface area contributed by atoms with Crippen molar-refractivity contribution in [3.8, 4) is 0 Å². The second kappa shape index (κ2) is 7.94. The predicted molar refractivity (Wildman–Crippen MR) is 99.1 cm³/mol. The molecule has 0 atom stereocenters. The minimum absolute atomic E-state index is 0.0657. The topological polar surface area (TPSA) is 87.6 Å². The van der Waals surface area contributed by atoms with Crippen molar-refractivity contribution in [3.63, 3.8) is 0 Å². The Kier molecular flexibility index (Phi) is 5.93. The van der Waals surface area contributed by atoms with Gasteiger partial charge in [0.1, 0.15) is 0 Å². The van der Waals surface area contributed by atoms with Crippen LogP contribution >= 0.6 is 0 Å². The molecule has 0 bridgehead atoms. The number of rotatable bonds is 6. The second-order valence-corrected chi connectivity index (χ2v) is 7.24. The molecule has 0 radical (unpaired) electrons. The summed E-state index contributed by atoms with van der Waals surface area (Å²) in [5, 5.41) is 6.71. The smallest absolute Gasteiger partial charge is 0.276 e. The standard InChI is InChI=1S/C18H21N3O3S/c1-4-18(22)19-16-9-7-15(8-10-16)14(3)20-21-25(23,24)17-11-5-13(2)6-12-17/h5-12,21H,4H2,1-3H3,(H,19,22)/b20-14+. The molecule has 0 saturated heterocycles. The van der Waals surface area contributed by atoms with E-state index in [0.29, 0.717) is 17.8 Å². The highest BCUT2D eigenvalue weighted by atomic mass is 32.2. The van der Waals surface area contributed by atoms with E-state index in [1.165, 1.54) is 12.1 Å². The molecule has 0 aromatic heterocycles. The van der Waals surface area contributed by atoms with Gasteiger partial charge in [0.2, 0.25) is 5.91 Å². The molecular weight excluding hydrogens is 338 g/mol. The van der Waals surface area contributed by atoms with Crippen LogP contribution in [-0.4, -0.2) is 20.0 Å². The summed E-state index contributed by atoms with van der Waals surface area (Å²) in [6.07, 6.45) is 0.406. The minimum Gasteiger partial charge on any atom is -0.326 e. The molecule has 2 N–H and O–H groups in total. The number of hydrazone groups is 1. The summed E-state index contributed by atoms with van der Waals surface area (Å²) < 4.78 is 24.4. The number of nitrogens with zero attached hydrogens (tertiary/aromatic N) is 1. The van der Waals surface area contributed by atoms with E-state index >= 15 is 0 Å². The van der Waals surface area contributed by atoms with Gasteiger partial charge < -0.3 is 5.32 Å². The zero-order valence-corrected chi connectivity index (χ0v) is 15.2. The highest BCUT2D eigenvalue weighted by Gasteiger charge is 2.12. The van der Waals surface area contributed by atoms with Gasteiger partial charge in [-0.1, -0.05) is 36.8 Å². The van der Waals surface area contributed by atoms with Gasteiger partial charge in [-0.3, -0.25) is 4.79 Å². The molecule has 0 fully saturated rings. The van der Waals surface area contributed by atoms with Crippen molar-refractivity contribution < 1.29 is 13.2 Å². The molecule has 0 heterocycles. The lowest BCUT2D eigenvalue weighted by molar-refractivity contribution is -0.115. The lowest BCUT2D eigenvalue weighted by atomic mass is 10.1. The van der Waals surface area contributed by atoms with Gasteiger partial charge in [0.15, 0.2) is 0 Å². The number of nitrogens with one attached hydrogen (secondary N) is 2. The molecule has 0 spiro atoms. The molecule has 7 heteroatoms. The number of hydrogen-bond acceptors (Lipinski definition) is 4. The Morgan fingerprint density at radius 1 is 1.04 bits per heavy atom. The zero-order valence-electron chi connectivity index (χ0n) is 14.4. The van der Waals surface area contributed by atoms with Gasteiger partial charge in [-0.25, -0.2) is 0 Å². The Labute approximate surface area is 148 Å². The molecule has 1 amide bonds. The second-order valence-electron chi connectivity index (χ2n) is 5.58. The van der Waals surface area contributed by atoms with Crippen LogP contribution in [0.5, 0.6) is 0 Å². The van der Waals surface area contributed by atoms with Crippen molar-refractivity contribution in [2.45, 2.75) is 32.1 Å². The lowest BCUT2D eigenvalue weighted by Crippen LogP contribution is -2.20. The molecule has 2 aromatic carbocycles. The van der Waals surface area contributed by atoms with Crippen molar-refractivity contribution in [1.82, 2.24) is 4.83 Å². The number of anilines is 1. The van der Waals surface area contributed by atoms with E-state index in [0.717, 1.165) is 11.1 Å². The molecule has 6 nitrogen and oxygen atoms in total. The van der Waals surface area contributed by atoms with Crippen LogP contribution in [-0.2, 0) is 14.8 Å². The summed E-state index contributed by atoms with van der Waals surface area (Å²) in [4.78, 5) is 13.8. The Hall–Kier alpha value is -2.67. The molecule has 25 heavy (non-hydrogen) atoms. The highest BCUT2D eigenvalue weighted by Crippen LogP contribution is 2.12. The number of benzene rings is 2. The highest BCUT2D eigenvalue weighted by molar-refractivity contribution is 7.89. The number of amides is 1.